The topological polar surface area (TPSA) is 84.9 Å². The van der Waals surface area contributed by atoms with Crippen molar-refractivity contribution in [1.82, 2.24) is 5.32 Å². The zero-order valence-electron chi connectivity index (χ0n) is 17.6. The van der Waals surface area contributed by atoms with E-state index in [0.717, 1.165) is 27.3 Å². The molecule has 1 N–H and O–H groups in total. The second-order valence-corrected chi connectivity index (χ2v) is 8.86. The Morgan fingerprint density at radius 1 is 1.07 bits per heavy atom. The van der Waals surface area contributed by atoms with Gasteiger partial charge in [-0.25, -0.2) is 8.42 Å². The highest BCUT2D eigenvalue weighted by molar-refractivity contribution is 7.92. The average molecular weight is 421 g/mol. The van der Waals surface area contributed by atoms with E-state index in [1.165, 1.54) is 20.3 Å². The van der Waals surface area contributed by atoms with Gasteiger partial charge in [0, 0.05) is 6.07 Å². The molecule has 2 aromatic rings. The smallest absolute Gasteiger partial charge is 0.241 e. The van der Waals surface area contributed by atoms with Gasteiger partial charge in [0.1, 0.15) is 6.54 Å². The Hall–Kier alpha value is -2.74. The molecule has 0 aromatic heterocycles. The molecule has 8 heteroatoms. The summed E-state index contributed by atoms with van der Waals surface area (Å²) < 4.78 is 36.2. The number of anilines is 1. The summed E-state index contributed by atoms with van der Waals surface area (Å²) in [5.41, 5.74) is 3.51. The van der Waals surface area contributed by atoms with Gasteiger partial charge in [-0.3, -0.25) is 9.10 Å². The van der Waals surface area contributed by atoms with E-state index in [2.05, 4.69) is 5.32 Å². The lowest BCUT2D eigenvalue weighted by Gasteiger charge is -2.24. The summed E-state index contributed by atoms with van der Waals surface area (Å²) in [4.78, 5) is 12.6. The van der Waals surface area contributed by atoms with Gasteiger partial charge in [-0.05, 0) is 44.0 Å². The van der Waals surface area contributed by atoms with E-state index in [-0.39, 0.29) is 12.6 Å². The quantitative estimate of drug-likeness (QED) is 0.710. The molecule has 0 aliphatic rings. The molecule has 29 heavy (non-hydrogen) atoms. The summed E-state index contributed by atoms with van der Waals surface area (Å²) in [6.07, 6.45) is 1.06. The van der Waals surface area contributed by atoms with Crippen molar-refractivity contribution in [1.29, 1.82) is 0 Å². The second kappa shape index (κ2) is 9.17. The third-order valence-corrected chi connectivity index (χ3v) is 5.75. The summed E-state index contributed by atoms with van der Waals surface area (Å²) in [7, 11) is -0.739. The SMILES string of the molecule is COc1ccc(N(CC(=O)NC(C)c2ccc(C)cc2C)S(C)(=O)=O)cc1OC. The number of carbonyl (C=O) groups is 1. The Balaban J connectivity index is 2.23. The number of carbonyl (C=O) groups excluding carboxylic acids is 1. The van der Waals surface area contributed by atoms with E-state index in [9.17, 15) is 13.2 Å². The monoisotopic (exact) mass is 420 g/mol. The Kier molecular flexibility index (Phi) is 7.13. The summed E-state index contributed by atoms with van der Waals surface area (Å²) in [5.74, 6) is 0.443. The summed E-state index contributed by atoms with van der Waals surface area (Å²) in [6, 6.07) is 10.4. The molecule has 0 aliphatic heterocycles. The predicted molar refractivity (Wildman–Crippen MR) is 114 cm³/mol. The van der Waals surface area contributed by atoms with E-state index in [4.69, 9.17) is 9.47 Å². The van der Waals surface area contributed by atoms with Crippen molar-refractivity contribution in [3.8, 4) is 11.5 Å². The van der Waals surface area contributed by atoms with Crippen LogP contribution in [0.1, 0.15) is 29.7 Å². The highest BCUT2D eigenvalue weighted by atomic mass is 32.2. The van der Waals surface area contributed by atoms with Crippen molar-refractivity contribution >= 4 is 21.6 Å². The summed E-state index contributed by atoms with van der Waals surface area (Å²) >= 11 is 0. The zero-order valence-corrected chi connectivity index (χ0v) is 18.5. The van der Waals surface area contributed by atoms with Crippen LogP contribution in [0, 0.1) is 13.8 Å². The van der Waals surface area contributed by atoms with Crippen molar-refractivity contribution in [2.24, 2.45) is 0 Å². The highest BCUT2D eigenvalue weighted by Crippen LogP contribution is 2.32. The van der Waals surface area contributed by atoms with Crippen LogP contribution < -0.4 is 19.1 Å². The standard InChI is InChI=1S/C21H28N2O5S/c1-14-7-9-18(15(2)11-14)16(3)22-21(24)13-23(29(6,25)26)17-8-10-19(27-4)20(12-17)28-5/h7-12,16H,13H2,1-6H3,(H,22,24). The number of methoxy groups -OCH3 is 2. The van der Waals surface area contributed by atoms with Crippen LogP contribution in [-0.2, 0) is 14.8 Å². The Bertz CT molecular complexity index is 989. The predicted octanol–water partition coefficient (Wildman–Crippen LogP) is 2.96. The molecular formula is C21H28N2O5S. The fourth-order valence-electron chi connectivity index (χ4n) is 3.19. The molecule has 1 atom stereocenters. The van der Waals surface area contributed by atoms with Gasteiger partial charge in [0.2, 0.25) is 15.9 Å². The second-order valence-electron chi connectivity index (χ2n) is 6.96. The van der Waals surface area contributed by atoms with Crippen molar-refractivity contribution in [2.45, 2.75) is 26.8 Å². The Labute approximate surface area is 172 Å². The molecule has 0 aliphatic carbocycles. The number of ether oxygens (including phenoxy) is 2. The van der Waals surface area contributed by atoms with Gasteiger partial charge in [-0.15, -0.1) is 0 Å². The van der Waals surface area contributed by atoms with Gasteiger partial charge >= 0.3 is 0 Å². The summed E-state index contributed by atoms with van der Waals surface area (Å²) in [6.45, 7) is 5.52. The molecule has 7 nitrogen and oxygen atoms in total. The van der Waals surface area contributed by atoms with Crippen LogP contribution in [0.3, 0.4) is 0 Å². The first kappa shape index (κ1) is 22.5. The number of aryl methyl sites for hydroxylation is 2. The first-order valence-electron chi connectivity index (χ1n) is 9.13. The molecular weight excluding hydrogens is 392 g/mol. The number of hydrogen-bond acceptors (Lipinski definition) is 5. The lowest BCUT2D eigenvalue weighted by Crippen LogP contribution is -2.41. The van der Waals surface area contributed by atoms with Crippen molar-refractivity contribution in [3.63, 3.8) is 0 Å². The van der Waals surface area contributed by atoms with Crippen LogP contribution in [0.2, 0.25) is 0 Å². The molecule has 1 amide bonds. The number of sulfonamides is 1. The van der Waals surface area contributed by atoms with Gasteiger partial charge in [0.05, 0.1) is 32.2 Å². The minimum absolute atomic E-state index is 0.255. The fraction of sp³-hybridized carbons (Fsp3) is 0.381. The molecule has 2 aromatic carbocycles. The molecule has 158 valence electrons. The minimum atomic E-state index is -3.70. The molecule has 0 heterocycles. The summed E-state index contributed by atoms with van der Waals surface area (Å²) in [5, 5.41) is 2.88. The van der Waals surface area contributed by atoms with Crippen LogP contribution in [0.5, 0.6) is 11.5 Å². The van der Waals surface area contributed by atoms with E-state index >= 15 is 0 Å². The number of rotatable bonds is 8. The largest absolute Gasteiger partial charge is 0.493 e. The Morgan fingerprint density at radius 2 is 1.72 bits per heavy atom. The lowest BCUT2D eigenvalue weighted by atomic mass is 10.0. The maximum Gasteiger partial charge on any atom is 0.241 e. The van der Waals surface area contributed by atoms with Crippen molar-refractivity contribution in [2.75, 3.05) is 31.3 Å². The number of hydrogen-bond donors (Lipinski definition) is 1. The van der Waals surface area contributed by atoms with Crippen molar-refractivity contribution < 1.29 is 22.7 Å². The normalized spacial score (nSPS) is 12.2. The van der Waals surface area contributed by atoms with Crippen LogP contribution in [-0.4, -0.2) is 41.3 Å². The van der Waals surface area contributed by atoms with Gasteiger partial charge < -0.3 is 14.8 Å². The molecule has 0 saturated carbocycles. The first-order valence-corrected chi connectivity index (χ1v) is 11.0. The number of amides is 1. The van der Waals surface area contributed by atoms with Gasteiger partial charge in [0.15, 0.2) is 11.5 Å². The fourth-order valence-corrected chi connectivity index (χ4v) is 4.04. The van der Waals surface area contributed by atoms with Crippen LogP contribution in [0.25, 0.3) is 0 Å². The molecule has 0 fully saturated rings. The third kappa shape index (κ3) is 5.63. The van der Waals surface area contributed by atoms with E-state index in [1.54, 1.807) is 12.1 Å². The number of nitrogens with zero attached hydrogens (tertiary/aromatic N) is 1. The van der Waals surface area contributed by atoms with E-state index in [1.807, 2.05) is 39.0 Å². The average Bonchev–Trinajstić information content (AvgIpc) is 2.64. The molecule has 0 bridgehead atoms. The van der Waals surface area contributed by atoms with Crippen molar-refractivity contribution in [3.05, 3.63) is 53.1 Å². The van der Waals surface area contributed by atoms with E-state index in [0.29, 0.717) is 17.2 Å². The van der Waals surface area contributed by atoms with Crippen LogP contribution in [0.15, 0.2) is 36.4 Å². The van der Waals surface area contributed by atoms with Gasteiger partial charge in [-0.1, -0.05) is 23.8 Å². The van der Waals surface area contributed by atoms with Crippen LogP contribution >= 0.6 is 0 Å². The maximum absolute atomic E-state index is 12.6. The first-order chi connectivity index (χ1) is 13.6. The molecule has 0 saturated heterocycles. The lowest BCUT2D eigenvalue weighted by molar-refractivity contribution is -0.120. The molecule has 0 spiro atoms. The minimum Gasteiger partial charge on any atom is -0.493 e. The zero-order chi connectivity index (χ0) is 21.8. The van der Waals surface area contributed by atoms with E-state index < -0.39 is 15.9 Å². The highest BCUT2D eigenvalue weighted by Gasteiger charge is 2.23. The molecule has 0 radical (unpaired) electrons. The Morgan fingerprint density at radius 3 is 2.28 bits per heavy atom. The number of benzene rings is 2. The van der Waals surface area contributed by atoms with Gasteiger partial charge in [0.25, 0.3) is 0 Å². The van der Waals surface area contributed by atoms with Crippen LogP contribution in [0.4, 0.5) is 5.69 Å². The molecule has 1 unspecified atom stereocenters. The molecule has 2 rings (SSSR count). The third-order valence-electron chi connectivity index (χ3n) is 4.61. The van der Waals surface area contributed by atoms with Gasteiger partial charge in [-0.2, -0.15) is 0 Å². The maximum atomic E-state index is 12.6. The number of nitrogens with one attached hydrogen (secondary N) is 1.